The Kier molecular flexibility index (Phi) is 2.30. The second-order valence-corrected chi connectivity index (χ2v) is 4.52. The van der Waals surface area contributed by atoms with Crippen molar-refractivity contribution in [2.24, 2.45) is 0 Å². The lowest BCUT2D eigenvalue weighted by atomic mass is 10.1. The van der Waals surface area contributed by atoms with E-state index in [4.69, 9.17) is 11.6 Å². The van der Waals surface area contributed by atoms with Crippen molar-refractivity contribution < 1.29 is 0 Å². The van der Waals surface area contributed by atoms with E-state index in [2.05, 4.69) is 41.8 Å². The second kappa shape index (κ2) is 2.79. The summed E-state index contributed by atoms with van der Waals surface area (Å²) in [6.07, 6.45) is 1.64. The van der Waals surface area contributed by atoms with Crippen LogP contribution < -0.4 is 0 Å². The van der Waals surface area contributed by atoms with Crippen LogP contribution in [-0.4, -0.2) is 9.78 Å². The van der Waals surface area contributed by atoms with Crippen molar-refractivity contribution >= 4 is 27.5 Å². The largest absolute Gasteiger partial charge is 0.252 e. The van der Waals surface area contributed by atoms with Crippen molar-refractivity contribution in [2.45, 2.75) is 26.3 Å². The van der Waals surface area contributed by atoms with E-state index in [1.54, 1.807) is 6.20 Å². The molecule has 0 amide bonds. The minimum absolute atomic E-state index is 0.0219. The lowest BCUT2D eigenvalue weighted by Gasteiger charge is -2.20. The third-order valence-corrected chi connectivity index (χ3v) is 2.57. The summed E-state index contributed by atoms with van der Waals surface area (Å²) in [6, 6.07) is 0. The molecular weight excluding hydrogens is 227 g/mol. The first kappa shape index (κ1) is 9.07. The number of nitrogens with zero attached hydrogens (tertiary/aromatic N) is 2. The van der Waals surface area contributed by atoms with Gasteiger partial charge in [-0.25, -0.2) is 0 Å². The molecule has 0 radical (unpaired) electrons. The first-order valence-corrected chi connectivity index (χ1v) is 4.49. The van der Waals surface area contributed by atoms with Gasteiger partial charge in [0.2, 0.25) is 0 Å². The molecule has 0 aliphatic heterocycles. The summed E-state index contributed by atoms with van der Waals surface area (Å²) < 4.78 is 2.68. The molecule has 0 saturated carbocycles. The van der Waals surface area contributed by atoms with E-state index in [1.165, 1.54) is 0 Å². The van der Waals surface area contributed by atoms with Gasteiger partial charge in [0.15, 0.2) is 0 Å². The fourth-order valence-electron chi connectivity index (χ4n) is 0.781. The Bertz CT molecular complexity index is 262. The summed E-state index contributed by atoms with van der Waals surface area (Å²) in [7, 11) is 0. The van der Waals surface area contributed by atoms with Crippen LogP contribution in [0, 0.1) is 0 Å². The van der Waals surface area contributed by atoms with Crippen molar-refractivity contribution in [2.75, 3.05) is 0 Å². The van der Waals surface area contributed by atoms with Gasteiger partial charge in [-0.2, -0.15) is 5.10 Å². The van der Waals surface area contributed by atoms with Crippen LogP contribution in [0.15, 0.2) is 10.8 Å². The zero-order valence-corrected chi connectivity index (χ0v) is 9.07. The van der Waals surface area contributed by atoms with Gasteiger partial charge in [-0.05, 0) is 36.7 Å². The minimum atomic E-state index is -0.0219. The molecule has 0 fully saturated rings. The van der Waals surface area contributed by atoms with Crippen molar-refractivity contribution in [1.82, 2.24) is 9.78 Å². The molecule has 1 rings (SSSR count). The van der Waals surface area contributed by atoms with Gasteiger partial charge in [0.1, 0.15) is 4.60 Å². The molecule has 0 spiro atoms. The zero-order chi connectivity index (χ0) is 8.65. The Morgan fingerprint density at radius 3 is 2.27 bits per heavy atom. The van der Waals surface area contributed by atoms with Crippen molar-refractivity contribution in [3.8, 4) is 0 Å². The molecule has 0 aliphatic carbocycles. The topological polar surface area (TPSA) is 17.8 Å². The average Bonchev–Trinajstić information content (AvgIpc) is 2.11. The van der Waals surface area contributed by atoms with Crippen LogP contribution in [-0.2, 0) is 5.54 Å². The molecule has 0 aromatic carbocycles. The van der Waals surface area contributed by atoms with Crippen molar-refractivity contribution in [1.29, 1.82) is 0 Å². The number of halogens is 2. The lowest BCUT2D eigenvalue weighted by Crippen LogP contribution is -2.23. The molecule has 1 heterocycles. The molecule has 0 aliphatic rings. The monoisotopic (exact) mass is 236 g/mol. The molecule has 0 unspecified atom stereocenters. The fourth-order valence-corrected chi connectivity index (χ4v) is 1.63. The van der Waals surface area contributed by atoms with Gasteiger partial charge < -0.3 is 0 Å². The summed E-state index contributed by atoms with van der Waals surface area (Å²) in [5.41, 5.74) is -0.0219. The summed E-state index contributed by atoms with van der Waals surface area (Å²) in [5, 5.41) is 4.78. The van der Waals surface area contributed by atoms with Crippen LogP contribution in [0.25, 0.3) is 0 Å². The molecule has 2 nitrogen and oxygen atoms in total. The molecule has 4 heteroatoms. The SMILES string of the molecule is CC(C)(C)n1ncc(Cl)c1Br. The fraction of sp³-hybridized carbons (Fsp3) is 0.571. The van der Waals surface area contributed by atoms with Crippen LogP contribution in [0.5, 0.6) is 0 Å². The molecular formula is C7H10BrClN2. The zero-order valence-electron chi connectivity index (χ0n) is 6.73. The molecule has 0 atom stereocenters. The van der Waals surface area contributed by atoms with E-state index >= 15 is 0 Å². The van der Waals surface area contributed by atoms with Crippen molar-refractivity contribution in [3.05, 3.63) is 15.8 Å². The maximum absolute atomic E-state index is 5.81. The van der Waals surface area contributed by atoms with E-state index in [9.17, 15) is 0 Å². The number of hydrogen-bond donors (Lipinski definition) is 0. The minimum Gasteiger partial charge on any atom is -0.252 e. The molecule has 0 bridgehead atoms. The first-order chi connectivity index (χ1) is 4.93. The Hall–Kier alpha value is -0.0200. The third kappa shape index (κ3) is 1.76. The molecule has 62 valence electrons. The Morgan fingerprint density at radius 2 is 2.09 bits per heavy atom. The Morgan fingerprint density at radius 1 is 1.55 bits per heavy atom. The van der Waals surface area contributed by atoms with Gasteiger partial charge in [0, 0.05) is 0 Å². The maximum Gasteiger partial charge on any atom is 0.123 e. The van der Waals surface area contributed by atoms with E-state index in [1.807, 2.05) is 4.68 Å². The molecule has 11 heavy (non-hydrogen) atoms. The molecule has 1 aromatic heterocycles. The Balaban J connectivity index is 3.15. The smallest absolute Gasteiger partial charge is 0.123 e. The number of rotatable bonds is 0. The van der Waals surface area contributed by atoms with E-state index in [0.29, 0.717) is 5.02 Å². The van der Waals surface area contributed by atoms with Crippen LogP contribution in [0.3, 0.4) is 0 Å². The average molecular weight is 238 g/mol. The van der Waals surface area contributed by atoms with Crippen molar-refractivity contribution in [3.63, 3.8) is 0 Å². The van der Waals surface area contributed by atoms with Crippen LogP contribution in [0.4, 0.5) is 0 Å². The molecule has 0 saturated heterocycles. The summed E-state index contributed by atoms with van der Waals surface area (Å²) >= 11 is 9.16. The highest BCUT2D eigenvalue weighted by molar-refractivity contribution is 9.10. The van der Waals surface area contributed by atoms with Crippen LogP contribution in [0.2, 0.25) is 5.02 Å². The first-order valence-electron chi connectivity index (χ1n) is 3.32. The molecule has 1 aromatic rings. The summed E-state index contributed by atoms with van der Waals surface area (Å²) in [6.45, 7) is 6.21. The summed E-state index contributed by atoms with van der Waals surface area (Å²) in [5.74, 6) is 0. The van der Waals surface area contributed by atoms with Gasteiger partial charge in [0.25, 0.3) is 0 Å². The van der Waals surface area contributed by atoms with E-state index in [-0.39, 0.29) is 5.54 Å². The van der Waals surface area contributed by atoms with Gasteiger partial charge >= 0.3 is 0 Å². The van der Waals surface area contributed by atoms with Gasteiger partial charge in [-0.15, -0.1) is 0 Å². The normalized spacial score (nSPS) is 12.1. The van der Waals surface area contributed by atoms with Crippen LogP contribution >= 0.6 is 27.5 Å². The third-order valence-electron chi connectivity index (χ3n) is 1.30. The van der Waals surface area contributed by atoms with Gasteiger partial charge in [-0.1, -0.05) is 11.6 Å². The lowest BCUT2D eigenvalue weighted by molar-refractivity contribution is 0.348. The Labute approximate surface area is 79.7 Å². The predicted octanol–water partition coefficient (Wildman–Crippen LogP) is 3.05. The highest BCUT2D eigenvalue weighted by atomic mass is 79.9. The standard InChI is InChI=1S/C7H10BrClN2/c1-7(2,3)11-6(8)5(9)4-10-11/h4H,1-3H3. The van der Waals surface area contributed by atoms with Gasteiger partial charge in [-0.3, -0.25) is 4.68 Å². The predicted molar refractivity (Wildman–Crippen MR) is 49.9 cm³/mol. The number of aromatic nitrogens is 2. The van der Waals surface area contributed by atoms with Gasteiger partial charge in [0.05, 0.1) is 16.8 Å². The van der Waals surface area contributed by atoms with Crippen LogP contribution in [0.1, 0.15) is 20.8 Å². The summed E-state index contributed by atoms with van der Waals surface area (Å²) in [4.78, 5) is 0. The highest BCUT2D eigenvalue weighted by Crippen LogP contribution is 2.26. The number of hydrogen-bond acceptors (Lipinski definition) is 1. The van der Waals surface area contributed by atoms with E-state index < -0.39 is 0 Å². The second-order valence-electron chi connectivity index (χ2n) is 3.37. The maximum atomic E-state index is 5.81. The van der Waals surface area contributed by atoms with E-state index in [0.717, 1.165) is 4.60 Å². The highest BCUT2D eigenvalue weighted by Gasteiger charge is 2.18. The quantitative estimate of drug-likeness (QED) is 0.678. The molecule has 0 N–H and O–H groups in total.